The molecule has 3 rings (SSSR count). The number of carbonyl (C=O) groups excluding carboxylic acids is 2. The minimum atomic E-state index is -0.330. The molecule has 3 N–H and O–H groups in total. The van der Waals surface area contributed by atoms with Crippen molar-refractivity contribution in [3.8, 4) is 11.3 Å². The first kappa shape index (κ1) is 16.4. The van der Waals surface area contributed by atoms with Gasteiger partial charge in [-0.3, -0.25) is 10.1 Å². The Morgan fingerprint density at radius 2 is 2.08 bits per heavy atom. The number of urea groups is 1. The van der Waals surface area contributed by atoms with E-state index in [1.165, 1.54) is 23.5 Å². The number of hydrogen-bond acceptors (Lipinski definition) is 4. The van der Waals surface area contributed by atoms with Gasteiger partial charge < -0.3 is 10.6 Å². The Hall–Kier alpha value is -2.48. The zero-order valence-electron chi connectivity index (χ0n) is 12.9. The van der Waals surface area contributed by atoms with Crippen LogP contribution in [-0.4, -0.2) is 34.9 Å². The number of aromatic nitrogens is 1. The molecular formula is C16H17FN4O2S. The number of nitrogens with zero attached hydrogens (tertiary/aromatic N) is 2. The molecule has 1 aromatic heterocycles. The number of likely N-dealkylation sites (tertiary alicyclic amines) is 1. The highest BCUT2D eigenvalue weighted by molar-refractivity contribution is 7.14. The summed E-state index contributed by atoms with van der Waals surface area (Å²) in [5.41, 5.74) is 6.56. The van der Waals surface area contributed by atoms with Crippen LogP contribution in [0.2, 0.25) is 0 Å². The lowest BCUT2D eigenvalue weighted by molar-refractivity contribution is -0.122. The molecule has 1 fully saturated rings. The highest BCUT2D eigenvalue weighted by atomic mass is 32.1. The second kappa shape index (κ2) is 6.96. The van der Waals surface area contributed by atoms with Crippen molar-refractivity contribution in [3.63, 3.8) is 0 Å². The van der Waals surface area contributed by atoms with Crippen LogP contribution in [0.25, 0.3) is 11.3 Å². The first-order valence-corrected chi connectivity index (χ1v) is 8.47. The molecule has 6 nitrogen and oxygen atoms in total. The number of hydrogen-bond donors (Lipinski definition) is 2. The number of halogens is 1. The van der Waals surface area contributed by atoms with Gasteiger partial charge in [-0.15, -0.1) is 11.3 Å². The normalized spacial score (nSPS) is 15.3. The molecule has 3 amide bonds. The fourth-order valence-corrected chi connectivity index (χ4v) is 3.36. The van der Waals surface area contributed by atoms with Crippen LogP contribution in [0.15, 0.2) is 29.6 Å². The Kier molecular flexibility index (Phi) is 4.75. The third-order valence-corrected chi connectivity index (χ3v) is 4.78. The predicted molar refractivity (Wildman–Crippen MR) is 90.0 cm³/mol. The smallest absolute Gasteiger partial charge is 0.323 e. The zero-order valence-corrected chi connectivity index (χ0v) is 13.7. The molecule has 24 heavy (non-hydrogen) atoms. The largest absolute Gasteiger partial charge is 0.369 e. The van der Waals surface area contributed by atoms with Gasteiger partial charge in [-0.2, -0.15) is 0 Å². The number of benzene rings is 1. The van der Waals surface area contributed by atoms with E-state index in [1.54, 1.807) is 22.4 Å². The van der Waals surface area contributed by atoms with Gasteiger partial charge in [0.15, 0.2) is 5.13 Å². The molecule has 2 aromatic rings. The van der Waals surface area contributed by atoms with Gasteiger partial charge in [0.05, 0.1) is 5.69 Å². The monoisotopic (exact) mass is 348 g/mol. The van der Waals surface area contributed by atoms with E-state index in [4.69, 9.17) is 5.73 Å². The van der Waals surface area contributed by atoms with Crippen molar-refractivity contribution < 1.29 is 14.0 Å². The molecule has 1 saturated heterocycles. The van der Waals surface area contributed by atoms with E-state index in [2.05, 4.69) is 10.3 Å². The molecule has 0 bridgehead atoms. The van der Waals surface area contributed by atoms with E-state index in [0.29, 0.717) is 42.3 Å². The molecule has 0 atom stereocenters. The van der Waals surface area contributed by atoms with Gasteiger partial charge in [0.1, 0.15) is 5.82 Å². The quantitative estimate of drug-likeness (QED) is 0.894. The molecule has 8 heteroatoms. The SMILES string of the molecule is NC(=O)C1CCN(C(=O)Nc2nc(-c3cccc(F)c3)cs2)CC1. The number of amides is 3. The van der Waals surface area contributed by atoms with Crippen molar-refractivity contribution in [2.45, 2.75) is 12.8 Å². The average Bonchev–Trinajstić information content (AvgIpc) is 3.03. The molecule has 0 aliphatic carbocycles. The van der Waals surface area contributed by atoms with E-state index >= 15 is 0 Å². The van der Waals surface area contributed by atoms with Gasteiger partial charge in [-0.05, 0) is 25.0 Å². The number of anilines is 1. The maximum Gasteiger partial charge on any atom is 0.323 e. The van der Waals surface area contributed by atoms with Crippen molar-refractivity contribution in [2.75, 3.05) is 18.4 Å². The summed E-state index contributed by atoms with van der Waals surface area (Å²) in [7, 11) is 0. The lowest BCUT2D eigenvalue weighted by atomic mass is 9.96. The highest BCUT2D eigenvalue weighted by Crippen LogP contribution is 2.26. The molecule has 0 spiro atoms. The number of carbonyl (C=O) groups is 2. The van der Waals surface area contributed by atoms with E-state index in [0.717, 1.165) is 0 Å². The standard InChI is InChI=1S/C16H17FN4O2S/c17-12-3-1-2-11(8-12)13-9-24-15(19-13)20-16(23)21-6-4-10(5-7-21)14(18)22/h1-3,8-10H,4-7H2,(H2,18,22)(H,19,20,23). The number of primary amides is 1. The molecular weight excluding hydrogens is 331 g/mol. The second-order valence-electron chi connectivity index (χ2n) is 5.64. The van der Waals surface area contributed by atoms with Crippen LogP contribution in [0, 0.1) is 11.7 Å². The van der Waals surface area contributed by atoms with Crippen molar-refractivity contribution in [1.29, 1.82) is 0 Å². The van der Waals surface area contributed by atoms with Crippen molar-refractivity contribution >= 4 is 28.4 Å². The first-order chi connectivity index (χ1) is 11.5. The first-order valence-electron chi connectivity index (χ1n) is 7.59. The summed E-state index contributed by atoms with van der Waals surface area (Å²) in [6.07, 6.45) is 1.16. The Labute approximate surface area is 142 Å². The molecule has 1 aliphatic rings. The van der Waals surface area contributed by atoms with Gasteiger partial charge in [-0.25, -0.2) is 14.2 Å². The Bertz CT molecular complexity index is 756. The van der Waals surface area contributed by atoms with Gasteiger partial charge in [0.25, 0.3) is 0 Å². The predicted octanol–water partition coefficient (Wildman–Crippen LogP) is 2.68. The molecule has 1 aliphatic heterocycles. The Balaban J connectivity index is 1.61. The van der Waals surface area contributed by atoms with Crippen LogP contribution in [0.3, 0.4) is 0 Å². The third-order valence-electron chi connectivity index (χ3n) is 4.02. The van der Waals surface area contributed by atoms with Gasteiger partial charge in [0, 0.05) is 30.0 Å². The molecule has 1 aromatic carbocycles. The van der Waals surface area contributed by atoms with Crippen molar-refractivity contribution in [2.24, 2.45) is 11.7 Å². The van der Waals surface area contributed by atoms with Crippen LogP contribution in [0.5, 0.6) is 0 Å². The Morgan fingerprint density at radius 1 is 1.33 bits per heavy atom. The van der Waals surface area contributed by atoms with Crippen LogP contribution in [0.1, 0.15) is 12.8 Å². The molecule has 126 valence electrons. The summed E-state index contributed by atoms with van der Waals surface area (Å²) in [5, 5.41) is 4.97. The van der Waals surface area contributed by atoms with Crippen molar-refractivity contribution in [3.05, 3.63) is 35.5 Å². The average molecular weight is 348 g/mol. The number of rotatable bonds is 3. The van der Waals surface area contributed by atoms with Crippen LogP contribution in [-0.2, 0) is 4.79 Å². The maximum absolute atomic E-state index is 13.3. The fraction of sp³-hybridized carbons (Fsp3) is 0.312. The summed E-state index contributed by atoms with van der Waals surface area (Å²) >= 11 is 1.28. The number of thiazole rings is 1. The van der Waals surface area contributed by atoms with E-state index in [1.807, 2.05) is 0 Å². The molecule has 2 heterocycles. The number of nitrogens with one attached hydrogen (secondary N) is 1. The van der Waals surface area contributed by atoms with E-state index in [9.17, 15) is 14.0 Å². The fourth-order valence-electron chi connectivity index (χ4n) is 2.65. The minimum Gasteiger partial charge on any atom is -0.369 e. The summed E-state index contributed by atoms with van der Waals surface area (Å²) in [5.74, 6) is -0.799. The van der Waals surface area contributed by atoms with Crippen LogP contribution < -0.4 is 11.1 Å². The summed E-state index contributed by atoms with van der Waals surface area (Å²) < 4.78 is 13.3. The van der Waals surface area contributed by atoms with Crippen molar-refractivity contribution in [1.82, 2.24) is 9.88 Å². The lowest BCUT2D eigenvalue weighted by Crippen LogP contribution is -2.43. The lowest BCUT2D eigenvalue weighted by Gasteiger charge is -2.30. The molecule has 0 radical (unpaired) electrons. The topological polar surface area (TPSA) is 88.3 Å². The van der Waals surface area contributed by atoms with Gasteiger partial charge in [-0.1, -0.05) is 12.1 Å². The second-order valence-corrected chi connectivity index (χ2v) is 6.50. The Morgan fingerprint density at radius 3 is 2.75 bits per heavy atom. The molecule has 0 unspecified atom stereocenters. The van der Waals surface area contributed by atoms with Gasteiger partial charge >= 0.3 is 6.03 Å². The van der Waals surface area contributed by atoms with Crippen LogP contribution in [0.4, 0.5) is 14.3 Å². The molecule has 0 saturated carbocycles. The van der Waals surface area contributed by atoms with Crippen LogP contribution >= 0.6 is 11.3 Å². The van der Waals surface area contributed by atoms with E-state index < -0.39 is 0 Å². The summed E-state index contributed by atoms with van der Waals surface area (Å²) in [4.78, 5) is 29.4. The summed E-state index contributed by atoms with van der Waals surface area (Å²) in [6, 6.07) is 5.89. The van der Waals surface area contributed by atoms with Gasteiger partial charge in [0.2, 0.25) is 5.91 Å². The highest BCUT2D eigenvalue weighted by Gasteiger charge is 2.26. The zero-order chi connectivity index (χ0) is 17.1. The maximum atomic E-state index is 13.3. The number of nitrogens with two attached hydrogens (primary N) is 1. The minimum absolute atomic E-state index is 0.159. The third kappa shape index (κ3) is 3.70. The number of piperidine rings is 1. The van der Waals surface area contributed by atoms with E-state index in [-0.39, 0.29) is 23.7 Å². The summed E-state index contributed by atoms with van der Waals surface area (Å²) in [6.45, 7) is 0.975.